The van der Waals surface area contributed by atoms with Crippen molar-refractivity contribution in [1.82, 2.24) is 0 Å². The molecule has 0 aliphatic carbocycles. The molecule has 3 aromatic rings. The van der Waals surface area contributed by atoms with Crippen LogP contribution in [0.4, 0.5) is 5.69 Å². The first-order valence-electron chi connectivity index (χ1n) is 7.50. The van der Waals surface area contributed by atoms with Gasteiger partial charge in [-0.15, -0.1) is 0 Å². The van der Waals surface area contributed by atoms with E-state index in [0.717, 1.165) is 11.3 Å². The summed E-state index contributed by atoms with van der Waals surface area (Å²) in [5.74, 6) is -0.00165. The molecule has 0 heterocycles. The van der Waals surface area contributed by atoms with Gasteiger partial charge in [-0.1, -0.05) is 42.5 Å². The van der Waals surface area contributed by atoms with Crippen LogP contribution in [0.2, 0.25) is 0 Å². The van der Waals surface area contributed by atoms with Crippen LogP contribution in [-0.4, -0.2) is 12.0 Å². The Kier molecular flexibility index (Phi) is 4.60. The molecule has 0 radical (unpaired) electrons. The molecule has 0 aliphatic heterocycles. The molecule has 114 valence electrons. The van der Waals surface area contributed by atoms with Crippen molar-refractivity contribution < 1.29 is 4.79 Å². The van der Waals surface area contributed by atoms with E-state index in [1.165, 1.54) is 0 Å². The van der Waals surface area contributed by atoms with E-state index in [9.17, 15) is 4.79 Å². The van der Waals surface area contributed by atoms with Crippen molar-refractivity contribution in [3.05, 3.63) is 101 Å². The Morgan fingerprint density at radius 2 is 1.46 bits per heavy atom. The third-order valence-corrected chi connectivity index (χ3v) is 3.57. The molecule has 0 saturated carbocycles. The second kappa shape index (κ2) is 7.17. The second-order valence-corrected chi connectivity index (χ2v) is 5.23. The molecule has 0 atom stereocenters. The van der Waals surface area contributed by atoms with Crippen molar-refractivity contribution in [3.8, 4) is 6.07 Å². The number of hydrogen-bond donors (Lipinski definition) is 0. The summed E-state index contributed by atoms with van der Waals surface area (Å²) in [6, 6.07) is 25.7. The van der Waals surface area contributed by atoms with Gasteiger partial charge in [0.2, 0.25) is 0 Å². The molecule has 0 amide bonds. The number of carbonyl (C=O) groups excluding carboxylic acids is 1. The highest BCUT2D eigenvalue weighted by atomic mass is 16.1. The minimum Gasteiger partial charge on any atom is -0.289 e. The molecule has 3 nitrogen and oxygen atoms in total. The average Bonchev–Trinajstić information content (AvgIpc) is 2.67. The zero-order valence-electron chi connectivity index (χ0n) is 12.9. The Bertz CT molecular complexity index is 903. The Hall–Kier alpha value is -3.51. The number of hydrogen-bond acceptors (Lipinski definition) is 3. The number of aliphatic imine (C=N–C) groups is 1. The molecular formula is C21H14N2O. The molecule has 24 heavy (non-hydrogen) atoms. The highest BCUT2D eigenvalue weighted by molar-refractivity contribution is 6.09. The average molecular weight is 310 g/mol. The summed E-state index contributed by atoms with van der Waals surface area (Å²) in [7, 11) is 0. The molecule has 0 aromatic heterocycles. The standard InChI is InChI=1S/C21H14N2O/c22-14-16-6-8-17(9-7-16)15-23-20-12-10-19(11-13-20)21(24)18-4-2-1-3-5-18/h1-13,15H. The van der Waals surface area contributed by atoms with E-state index in [1.807, 2.05) is 42.5 Å². The van der Waals surface area contributed by atoms with E-state index >= 15 is 0 Å². The normalized spacial score (nSPS) is 10.5. The monoisotopic (exact) mass is 310 g/mol. The molecule has 0 unspecified atom stereocenters. The Labute approximate surface area is 140 Å². The van der Waals surface area contributed by atoms with E-state index in [4.69, 9.17) is 5.26 Å². The summed E-state index contributed by atoms with van der Waals surface area (Å²) in [4.78, 5) is 16.7. The van der Waals surface area contributed by atoms with Crippen molar-refractivity contribution in [2.75, 3.05) is 0 Å². The lowest BCUT2D eigenvalue weighted by Gasteiger charge is -2.01. The Morgan fingerprint density at radius 1 is 0.833 bits per heavy atom. The Balaban J connectivity index is 1.73. The fraction of sp³-hybridized carbons (Fsp3) is 0. The quantitative estimate of drug-likeness (QED) is 0.525. The number of nitrogens with zero attached hydrogens (tertiary/aromatic N) is 2. The van der Waals surface area contributed by atoms with E-state index in [0.29, 0.717) is 16.7 Å². The maximum Gasteiger partial charge on any atom is 0.193 e. The van der Waals surface area contributed by atoms with Gasteiger partial charge in [-0.3, -0.25) is 9.79 Å². The summed E-state index contributed by atoms with van der Waals surface area (Å²) in [5, 5.41) is 8.78. The van der Waals surface area contributed by atoms with Gasteiger partial charge in [0.15, 0.2) is 5.78 Å². The third-order valence-electron chi connectivity index (χ3n) is 3.57. The molecule has 3 rings (SSSR count). The highest BCUT2D eigenvalue weighted by Crippen LogP contribution is 2.16. The summed E-state index contributed by atoms with van der Waals surface area (Å²) in [6.45, 7) is 0. The first-order valence-corrected chi connectivity index (χ1v) is 7.50. The number of benzene rings is 3. The molecule has 0 saturated heterocycles. The van der Waals surface area contributed by atoms with E-state index in [-0.39, 0.29) is 5.78 Å². The van der Waals surface area contributed by atoms with Gasteiger partial charge in [0, 0.05) is 17.3 Å². The van der Waals surface area contributed by atoms with Crippen molar-refractivity contribution in [1.29, 1.82) is 5.26 Å². The second-order valence-electron chi connectivity index (χ2n) is 5.23. The van der Waals surface area contributed by atoms with Crippen molar-refractivity contribution >= 4 is 17.7 Å². The molecule has 0 spiro atoms. The summed E-state index contributed by atoms with van der Waals surface area (Å²) >= 11 is 0. The predicted octanol–water partition coefficient (Wildman–Crippen LogP) is 4.54. The summed E-state index contributed by atoms with van der Waals surface area (Å²) < 4.78 is 0. The van der Waals surface area contributed by atoms with Crippen LogP contribution >= 0.6 is 0 Å². The van der Waals surface area contributed by atoms with Crippen LogP contribution in [0.5, 0.6) is 0 Å². The van der Waals surface area contributed by atoms with Gasteiger partial charge >= 0.3 is 0 Å². The zero-order valence-corrected chi connectivity index (χ0v) is 12.9. The molecule has 0 aliphatic rings. The summed E-state index contributed by atoms with van der Waals surface area (Å²) in [5.41, 5.74) is 3.61. The third kappa shape index (κ3) is 3.63. The minimum absolute atomic E-state index is 0.00165. The topological polar surface area (TPSA) is 53.2 Å². The first-order chi connectivity index (χ1) is 11.8. The van der Waals surface area contributed by atoms with Crippen LogP contribution in [0.3, 0.4) is 0 Å². The molecular weight excluding hydrogens is 296 g/mol. The van der Waals surface area contributed by atoms with Gasteiger partial charge in [-0.2, -0.15) is 5.26 Å². The van der Waals surface area contributed by atoms with E-state index < -0.39 is 0 Å². The predicted molar refractivity (Wildman–Crippen MR) is 94.7 cm³/mol. The van der Waals surface area contributed by atoms with Crippen LogP contribution in [0.15, 0.2) is 83.9 Å². The van der Waals surface area contributed by atoms with Crippen LogP contribution in [-0.2, 0) is 0 Å². The lowest BCUT2D eigenvalue weighted by Crippen LogP contribution is -2.00. The number of ketones is 1. The van der Waals surface area contributed by atoms with Gasteiger partial charge in [-0.25, -0.2) is 0 Å². The maximum absolute atomic E-state index is 12.3. The minimum atomic E-state index is -0.00165. The van der Waals surface area contributed by atoms with Crippen LogP contribution in [0, 0.1) is 11.3 Å². The highest BCUT2D eigenvalue weighted by Gasteiger charge is 2.07. The molecule has 0 fully saturated rings. The number of rotatable bonds is 4. The number of nitriles is 1. The fourth-order valence-electron chi connectivity index (χ4n) is 2.25. The smallest absolute Gasteiger partial charge is 0.193 e. The van der Waals surface area contributed by atoms with E-state index in [1.54, 1.807) is 42.6 Å². The van der Waals surface area contributed by atoms with Crippen LogP contribution in [0.25, 0.3) is 0 Å². The van der Waals surface area contributed by atoms with Gasteiger partial charge in [0.05, 0.1) is 17.3 Å². The van der Waals surface area contributed by atoms with Crippen molar-refractivity contribution in [2.24, 2.45) is 4.99 Å². The van der Waals surface area contributed by atoms with Crippen molar-refractivity contribution in [3.63, 3.8) is 0 Å². The van der Waals surface area contributed by atoms with Gasteiger partial charge < -0.3 is 0 Å². The molecule has 0 N–H and O–H groups in total. The van der Waals surface area contributed by atoms with Crippen molar-refractivity contribution in [2.45, 2.75) is 0 Å². The summed E-state index contributed by atoms with van der Waals surface area (Å²) in [6.07, 6.45) is 1.73. The van der Waals surface area contributed by atoms with Crippen LogP contribution in [0.1, 0.15) is 27.0 Å². The van der Waals surface area contributed by atoms with Gasteiger partial charge in [0.1, 0.15) is 0 Å². The van der Waals surface area contributed by atoms with E-state index in [2.05, 4.69) is 11.1 Å². The molecule has 3 aromatic carbocycles. The maximum atomic E-state index is 12.3. The zero-order chi connectivity index (χ0) is 16.8. The fourth-order valence-corrected chi connectivity index (χ4v) is 2.25. The lowest BCUT2D eigenvalue weighted by molar-refractivity contribution is 0.103. The number of carbonyl (C=O) groups is 1. The lowest BCUT2D eigenvalue weighted by atomic mass is 10.0. The molecule has 0 bridgehead atoms. The molecule has 3 heteroatoms. The van der Waals surface area contributed by atoms with Gasteiger partial charge in [0.25, 0.3) is 0 Å². The first kappa shape index (κ1) is 15.4. The van der Waals surface area contributed by atoms with Gasteiger partial charge in [-0.05, 0) is 42.0 Å². The largest absolute Gasteiger partial charge is 0.289 e. The Morgan fingerprint density at radius 3 is 2.08 bits per heavy atom. The van der Waals surface area contributed by atoms with Crippen LogP contribution < -0.4 is 0 Å². The SMILES string of the molecule is N#Cc1ccc(C=Nc2ccc(C(=O)c3ccccc3)cc2)cc1.